The lowest BCUT2D eigenvalue weighted by atomic mass is 9.99. The molecule has 0 radical (unpaired) electrons. The van der Waals surface area contributed by atoms with E-state index in [0.717, 1.165) is 36.2 Å². The zero-order valence-corrected chi connectivity index (χ0v) is 12.7. The highest BCUT2D eigenvalue weighted by Crippen LogP contribution is 2.25. The highest BCUT2D eigenvalue weighted by atomic mass is 32.2. The van der Waals surface area contributed by atoms with Crippen LogP contribution >= 0.6 is 0 Å². The second-order valence-corrected chi connectivity index (χ2v) is 6.97. The molecule has 0 aromatic heterocycles. The van der Waals surface area contributed by atoms with Gasteiger partial charge in [0.05, 0.1) is 10.6 Å². The molecule has 0 fully saturated rings. The highest BCUT2D eigenvalue weighted by Gasteiger charge is 2.18. The van der Waals surface area contributed by atoms with Gasteiger partial charge < -0.3 is 5.32 Å². The molecule has 0 atom stereocenters. The molecule has 2 N–H and O–H groups in total. The van der Waals surface area contributed by atoms with Crippen molar-refractivity contribution in [2.75, 3.05) is 11.3 Å². The molecule has 0 spiro atoms. The van der Waals surface area contributed by atoms with Crippen molar-refractivity contribution in [2.24, 2.45) is 0 Å². The monoisotopic (exact) mass is 302 g/mol. The van der Waals surface area contributed by atoms with Crippen LogP contribution in [0.15, 0.2) is 47.4 Å². The van der Waals surface area contributed by atoms with Crippen LogP contribution in [-0.2, 0) is 23.0 Å². The predicted molar refractivity (Wildman–Crippen MR) is 83.8 cm³/mol. The molecule has 0 bridgehead atoms. The quantitative estimate of drug-likeness (QED) is 0.915. The molecular weight excluding hydrogens is 284 g/mol. The molecule has 0 saturated carbocycles. The molecule has 0 aliphatic carbocycles. The van der Waals surface area contributed by atoms with Crippen molar-refractivity contribution in [3.05, 3.63) is 59.2 Å². The van der Waals surface area contributed by atoms with Crippen LogP contribution in [0.1, 0.15) is 16.7 Å². The molecule has 0 amide bonds. The molecule has 21 heavy (non-hydrogen) atoms. The lowest BCUT2D eigenvalue weighted by molar-refractivity contribution is 0.600. The Bertz CT molecular complexity index is 752. The number of aryl methyl sites for hydroxylation is 1. The molecule has 1 aliphatic heterocycles. The lowest BCUT2D eigenvalue weighted by Gasteiger charge is -2.21. The fourth-order valence-corrected chi connectivity index (χ4v) is 3.64. The van der Waals surface area contributed by atoms with E-state index >= 15 is 0 Å². The second-order valence-electron chi connectivity index (χ2n) is 5.29. The van der Waals surface area contributed by atoms with E-state index in [-0.39, 0.29) is 0 Å². The topological polar surface area (TPSA) is 58.2 Å². The van der Waals surface area contributed by atoms with Crippen molar-refractivity contribution in [3.63, 3.8) is 0 Å². The normalized spacial score (nSPS) is 14.5. The number of fused-ring (bicyclic) bond motifs is 1. The van der Waals surface area contributed by atoms with Crippen molar-refractivity contribution in [3.8, 4) is 0 Å². The van der Waals surface area contributed by atoms with Gasteiger partial charge in [-0.2, -0.15) is 0 Å². The van der Waals surface area contributed by atoms with Crippen LogP contribution in [-0.4, -0.2) is 15.0 Å². The molecule has 110 valence electrons. The Morgan fingerprint density at radius 3 is 2.62 bits per heavy atom. The van der Waals surface area contributed by atoms with Gasteiger partial charge in [0, 0.05) is 6.54 Å². The molecule has 1 heterocycles. The molecule has 2 aromatic carbocycles. The van der Waals surface area contributed by atoms with Gasteiger partial charge in [-0.15, -0.1) is 0 Å². The van der Waals surface area contributed by atoms with Crippen molar-refractivity contribution >= 4 is 15.7 Å². The van der Waals surface area contributed by atoms with Gasteiger partial charge in [0.2, 0.25) is 0 Å². The van der Waals surface area contributed by atoms with Crippen molar-refractivity contribution in [1.29, 1.82) is 0 Å². The van der Waals surface area contributed by atoms with E-state index in [1.165, 1.54) is 0 Å². The molecule has 0 saturated heterocycles. The fraction of sp³-hybridized carbons (Fsp3) is 0.250. The van der Waals surface area contributed by atoms with E-state index in [9.17, 15) is 8.42 Å². The van der Waals surface area contributed by atoms with Gasteiger partial charge in [0.1, 0.15) is 0 Å². The third-order valence-electron chi connectivity index (χ3n) is 3.72. The SMILES string of the molecule is Cc1ccc(S(=O)(=O)Nc2cccc3c2CCNC3)cc1. The van der Waals surface area contributed by atoms with E-state index in [1.807, 2.05) is 25.1 Å². The van der Waals surface area contributed by atoms with E-state index in [1.54, 1.807) is 24.3 Å². The van der Waals surface area contributed by atoms with Crippen LogP contribution in [0, 0.1) is 6.92 Å². The van der Waals surface area contributed by atoms with Crippen molar-refractivity contribution in [1.82, 2.24) is 5.32 Å². The molecule has 5 heteroatoms. The first kappa shape index (κ1) is 14.1. The number of anilines is 1. The summed E-state index contributed by atoms with van der Waals surface area (Å²) >= 11 is 0. The van der Waals surface area contributed by atoms with E-state index in [0.29, 0.717) is 10.6 Å². The predicted octanol–water partition coefficient (Wildman–Crippen LogP) is 2.44. The van der Waals surface area contributed by atoms with Gasteiger partial charge in [0.15, 0.2) is 0 Å². The molecule has 0 unspecified atom stereocenters. The number of benzene rings is 2. The Kier molecular flexibility index (Phi) is 3.69. The molecule has 2 aromatic rings. The molecule has 3 rings (SSSR count). The van der Waals surface area contributed by atoms with Crippen LogP contribution in [0.3, 0.4) is 0 Å². The summed E-state index contributed by atoms with van der Waals surface area (Å²) in [4.78, 5) is 0.291. The summed E-state index contributed by atoms with van der Waals surface area (Å²) < 4.78 is 27.7. The smallest absolute Gasteiger partial charge is 0.261 e. The highest BCUT2D eigenvalue weighted by molar-refractivity contribution is 7.92. The minimum Gasteiger partial charge on any atom is -0.312 e. The first-order valence-electron chi connectivity index (χ1n) is 6.97. The van der Waals surface area contributed by atoms with Gasteiger partial charge in [-0.05, 0) is 49.2 Å². The first-order chi connectivity index (χ1) is 10.1. The van der Waals surface area contributed by atoms with Crippen LogP contribution in [0.2, 0.25) is 0 Å². The Morgan fingerprint density at radius 1 is 1.10 bits per heavy atom. The summed E-state index contributed by atoms with van der Waals surface area (Å²) in [6.45, 7) is 3.59. The summed E-state index contributed by atoms with van der Waals surface area (Å²) in [5.41, 5.74) is 3.98. The van der Waals surface area contributed by atoms with Gasteiger partial charge in [0.25, 0.3) is 10.0 Å². The average molecular weight is 302 g/mol. The number of sulfonamides is 1. The number of hydrogen-bond donors (Lipinski definition) is 2. The van der Waals surface area contributed by atoms with Gasteiger partial charge in [-0.3, -0.25) is 4.72 Å². The zero-order chi connectivity index (χ0) is 14.9. The molecule has 4 nitrogen and oxygen atoms in total. The Hall–Kier alpha value is -1.85. The summed E-state index contributed by atoms with van der Waals surface area (Å²) in [6.07, 6.45) is 0.835. The van der Waals surface area contributed by atoms with Crippen LogP contribution in [0.5, 0.6) is 0 Å². The summed E-state index contributed by atoms with van der Waals surface area (Å²) in [6, 6.07) is 12.6. The third-order valence-corrected chi connectivity index (χ3v) is 5.10. The zero-order valence-electron chi connectivity index (χ0n) is 11.9. The Balaban J connectivity index is 1.94. The molecular formula is C16H18N2O2S. The maximum absolute atomic E-state index is 12.5. The maximum atomic E-state index is 12.5. The summed E-state index contributed by atoms with van der Waals surface area (Å²) in [5, 5.41) is 3.29. The Morgan fingerprint density at radius 2 is 1.86 bits per heavy atom. The Labute approximate surface area is 125 Å². The minimum absolute atomic E-state index is 0.291. The average Bonchev–Trinajstić information content (AvgIpc) is 2.48. The number of nitrogens with one attached hydrogen (secondary N) is 2. The largest absolute Gasteiger partial charge is 0.312 e. The number of hydrogen-bond acceptors (Lipinski definition) is 3. The van der Waals surface area contributed by atoms with Crippen molar-refractivity contribution < 1.29 is 8.42 Å². The van der Waals surface area contributed by atoms with Gasteiger partial charge >= 0.3 is 0 Å². The fourth-order valence-electron chi connectivity index (χ4n) is 2.55. The first-order valence-corrected chi connectivity index (χ1v) is 8.45. The second kappa shape index (κ2) is 5.50. The van der Waals surface area contributed by atoms with Gasteiger partial charge in [-0.25, -0.2) is 8.42 Å². The third kappa shape index (κ3) is 2.94. The van der Waals surface area contributed by atoms with Crippen LogP contribution < -0.4 is 10.0 Å². The summed E-state index contributed by atoms with van der Waals surface area (Å²) in [5.74, 6) is 0. The van der Waals surface area contributed by atoms with E-state index < -0.39 is 10.0 Å². The standard InChI is InChI=1S/C16H18N2O2S/c1-12-5-7-14(8-6-12)21(19,20)18-16-4-2-3-13-11-17-10-9-15(13)16/h2-8,17-18H,9-11H2,1H3. The number of rotatable bonds is 3. The molecule has 1 aliphatic rings. The van der Waals surface area contributed by atoms with E-state index in [2.05, 4.69) is 10.0 Å². The van der Waals surface area contributed by atoms with E-state index in [4.69, 9.17) is 0 Å². The lowest BCUT2D eigenvalue weighted by Crippen LogP contribution is -2.25. The van der Waals surface area contributed by atoms with Crippen LogP contribution in [0.25, 0.3) is 0 Å². The van der Waals surface area contributed by atoms with Gasteiger partial charge in [-0.1, -0.05) is 29.8 Å². The van der Waals surface area contributed by atoms with Crippen LogP contribution in [0.4, 0.5) is 5.69 Å². The minimum atomic E-state index is -3.53. The maximum Gasteiger partial charge on any atom is 0.261 e. The van der Waals surface area contributed by atoms with Crippen molar-refractivity contribution in [2.45, 2.75) is 24.8 Å². The summed E-state index contributed by atoms with van der Waals surface area (Å²) in [7, 11) is -3.53.